The van der Waals surface area contributed by atoms with Crippen LogP contribution in [0.2, 0.25) is 0 Å². The average molecular weight is 326 g/mol. The van der Waals surface area contributed by atoms with E-state index in [1.165, 1.54) is 9.21 Å². The van der Waals surface area contributed by atoms with Crippen molar-refractivity contribution in [2.75, 3.05) is 31.9 Å². The topological polar surface area (TPSA) is 77.9 Å². The maximum atomic E-state index is 12.5. The van der Waals surface area contributed by atoms with Gasteiger partial charge in [0.1, 0.15) is 0 Å². The molecule has 21 heavy (non-hydrogen) atoms. The largest absolute Gasteiger partial charge is 0.380 e. The van der Waals surface area contributed by atoms with Crippen LogP contribution in [0.3, 0.4) is 0 Å². The number of sulfonamides is 1. The van der Waals surface area contributed by atoms with Crippen LogP contribution >= 0.6 is 0 Å². The number of β-amino-alcohol motifs (C(OH)–C–C–N with tert-alkyl or cyclic N) is 1. The van der Waals surface area contributed by atoms with Gasteiger partial charge in [0.2, 0.25) is 15.9 Å². The number of amides is 1. The van der Waals surface area contributed by atoms with Gasteiger partial charge < -0.3 is 10.0 Å². The third-order valence-electron chi connectivity index (χ3n) is 4.14. The van der Waals surface area contributed by atoms with Crippen molar-refractivity contribution in [2.24, 2.45) is 5.92 Å². The molecule has 1 N–H and O–H groups in total. The average Bonchev–Trinajstić information content (AvgIpc) is 2.43. The van der Waals surface area contributed by atoms with Crippen molar-refractivity contribution in [1.29, 1.82) is 0 Å². The van der Waals surface area contributed by atoms with Crippen LogP contribution < -0.4 is 0 Å². The van der Waals surface area contributed by atoms with Crippen LogP contribution in [0.5, 0.6) is 0 Å². The molecular formula is C12H20F2N2O4S. The number of hydrogen-bond acceptors (Lipinski definition) is 4. The number of hydrogen-bond donors (Lipinski definition) is 1. The summed E-state index contributed by atoms with van der Waals surface area (Å²) >= 11 is 0. The first-order chi connectivity index (χ1) is 9.69. The summed E-state index contributed by atoms with van der Waals surface area (Å²) in [5.74, 6) is -0.887. The Morgan fingerprint density at radius 1 is 1.43 bits per heavy atom. The Bertz CT molecular complexity index is 505. The van der Waals surface area contributed by atoms with Crippen LogP contribution in [0.25, 0.3) is 0 Å². The fourth-order valence-electron chi connectivity index (χ4n) is 2.75. The first-order valence-electron chi connectivity index (χ1n) is 6.97. The predicted molar refractivity (Wildman–Crippen MR) is 71.3 cm³/mol. The fourth-order valence-corrected chi connectivity index (χ4v) is 3.93. The van der Waals surface area contributed by atoms with Crippen LogP contribution in [-0.2, 0) is 14.8 Å². The maximum Gasteiger partial charge on any atom is 0.270 e. The van der Waals surface area contributed by atoms with Crippen molar-refractivity contribution >= 4 is 15.9 Å². The molecule has 122 valence electrons. The van der Waals surface area contributed by atoms with E-state index in [4.69, 9.17) is 0 Å². The van der Waals surface area contributed by atoms with Crippen molar-refractivity contribution < 1.29 is 27.1 Å². The number of piperidine rings is 1. The zero-order valence-corrected chi connectivity index (χ0v) is 12.7. The Balaban J connectivity index is 1.95. The summed E-state index contributed by atoms with van der Waals surface area (Å²) in [5.41, 5.74) is -2.11. The Hall–Kier alpha value is -0.800. The number of carbonyl (C=O) groups is 1. The lowest BCUT2D eigenvalue weighted by Crippen LogP contribution is -2.68. The maximum absolute atomic E-state index is 12.5. The van der Waals surface area contributed by atoms with Gasteiger partial charge in [-0.2, -0.15) is 0 Å². The van der Waals surface area contributed by atoms with Gasteiger partial charge in [-0.25, -0.2) is 21.5 Å². The van der Waals surface area contributed by atoms with Crippen molar-refractivity contribution in [3.8, 4) is 0 Å². The molecule has 2 aliphatic heterocycles. The Morgan fingerprint density at radius 2 is 2.05 bits per heavy atom. The molecule has 1 unspecified atom stereocenters. The lowest BCUT2D eigenvalue weighted by Gasteiger charge is -2.47. The highest BCUT2D eigenvalue weighted by molar-refractivity contribution is 7.89. The molecule has 2 saturated heterocycles. The third-order valence-corrected chi connectivity index (χ3v) is 5.99. The summed E-state index contributed by atoms with van der Waals surface area (Å²) in [7, 11) is -3.35. The van der Waals surface area contributed by atoms with Crippen LogP contribution in [0.1, 0.15) is 19.8 Å². The molecule has 1 amide bonds. The van der Waals surface area contributed by atoms with Crippen LogP contribution in [0.15, 0.2) is 0 Å². The number of nitrogens with zero attached hydrogens (tertiary/aromatic N) is 2. The molecule has 2 rings (SSSR count). The molecule has 0 saturated carbocycles. The molecular weight excluding hydrogens is 306 g/mol. The van der Waals surface area contributed by atoms with E-state index in [-0.39, 0.29) is 31.3 Å². The Morgan fingerprint density at radius 3 is 2.57 bits per heavy atom. The van der Waals surface area contributed by atoms with Gasteiger partial charge in [-0.3, -0.25) is 4.79 Å². The molecule has 0 aromatic rings. The SMILES string of the molecule is CCS(=O)(=O)N1CCCC(C(=O)N2CC(O)(C(F)F)C2)C1. The van der Waals surface area contributed by atoms with Crippen LogP contribution in [-0.4, -0.2) is 72.6 Å². The summed E-state index contributed by atoms with van der Waals surface area (Å²) in [6, 6.07) is 0. The van der Waals surface area contributed by atoms with E-state index in [9.17, 15) is 27.1 Å². The van der Waals surface area contributed by atoms with Crippen LogP contribution in [0.4, 0.5) is 8.78 Å². The van der Waals surface area contributed by atoms with Crippen molar-refractivity contribution in [3.05, 3.63) is 0 Å². The molecule has 2 fully saturated rings. The molecule has 2 aliphatic rings. The minimum absolute atomic E-state index is 0.0250. The minimum Gasteiger partial charge on any atom is -0.380 e. The molecule has 0 aromatic heterocycles. The fraction of sp³-hybridized carbons (Fsp3) is 0.917. The first kappa shape index (κ1) is 16.6. The monoisotopic (exact) mass is 326 g/mol. The highest BCUT2D eigenvalue weighted by atomic mass is 32.2. The van der Waals surface area contributed by atoms with Gasteiger partial charge in [0.05, 0.1) is 24.8 Å². The van der Waals surface area contributed by atoms with Gasteiger partial charge in [-0.15, -0.1) is 0 Å². The zero-order chi connectivity index (χ0) is 15.8. The van der Waals surface area contributed by atoms with E-state index in [1.807, 2.05) is 0 Å². The number of alkyl halides is 2. The summed E-state index contributed by atoms with van der Waals surface area (Å²) in [6.07, 6.45) is -1.77. The van der Waals surface area contributed by atoms with E-state index in [1.54, 1.807) is 6.92 Å². The molecule has 0 radical (unpaired) electrons. The smallest absolute Gasteiger partial charge is 0.270 e. The Kier molecular flexibility index (Phi) is 4.55. The number of halogens is 2. The quantitative estimate of drug-likeness (QED) is 0.782. The highest BCUT2D eigenvalue weighted by Crippen LogP contribution is 2.30. The van der Waals surface area contributed by atoms with Gasteiger partial charge in [0.25, 0.3) is 6.43 Å². The predicted octanol–water partition coefficient (Wildman–Crippen LogP) is -0.114. The first-order valence-corrected chi connectivity index (χ1v) is 8.57. The van der Waals surface area contributed by atoms with Crippen molar-refractivity contribution in [2.45, 2.75) is 31.8 Å². The molecule has 9 heteroatoms. The van der Waals surface area contributed by atoms with Gasteiger partial charge in [0.15, 0.2) is 5.60 Å². The minimum atomic E-state index is -3.35. The summed E-state index contributed by atoms with van der Waals surface area (Å²) < 4.78 is 50.0. The molecule has 0 bridgehead atoms. The Labute approximate surface area is 122 Å². The molecule has 2 heterocycles. The lowest BCUT2D eigenvalue weighted by molar-refractivity contribution is -0.192. The third kappa shape index (κ3) is 3.19. The van der Waals surface area contributed by atoms with Gasteiger partial charge in [-0.05, 0) is 19.8 Å². The summed E-state index contributed by atoms with van der Waals surface area (Å²) in [6.45, 7) is 1.25. The normalized spacial score (nSPS) is 26.7. The van der Waals surface area contributed by atoms with E-state index in [2.05, 4.69) is 0 Å². The standard InChI is InChI=1S/C12H20F2N2O4S/c1-2-21(19,20)16-5-3-4-9(6-16)10(17)15-7-12(18,8-15)11(13)14/h9,11,18H,2-8H2,1H3. The molecule has 0 spiro atoms. The van der Waals surface area contributed by atoms with Crippen molar-refractivity contribution in [3.63, 3.8) is 0 Å². The van der Waals surface area contributed by atoms with Gasteiger partial charge in [0, 0.05) is 13.1 Å². The van der Waals surface area contributed by atoms with E-state index in [0.29, 0.717) is 19.4 Å². The molecule has 0 aromatic carbocycles. The summed E-state index contributed by atoms with van der Waals surface area (Å²) in [5, 5.41) is 9.47. The van der Waals surface area contributed by atoms with Gasteiger partial charge in [-0.1, -0.05) is 0 Å². The van der Waals surface area contributed by atoms with Gasteiger partial charge >= 0.3 is 0 Å². The van der Waals surface area contributed by atoms with E-state index >= 15 is 0 Å². The highest BCUT2D eigenvalue weighted by Gasteiger charge is 2.51. The van der Waals surface area contributed by atoms with Crippen LogP contribution in [0, 0.1) is 5.92 Å². The number of rotatable bonds is 4. The molecule has 1 atom stereocenters. The number of aliphatic hydroxyl groups is 1. The molecule has 0 aliphatic carbocycles. The summed E-state index contributed by atoms with van der Waals surface area (Å²) in [4.78, 5) is 13.4. The van der Waals surface area contributed by atoms with Crippen molar-refractivity contribution in [1.82, 2.24) is 9.21 Å². The van der Waals surface area contributed by atoms with E-state index < -0.39 is 28.0 Å². The van der Waals surface area contributed by atoms with E-state index in [0.717, 1.165) is 0 Å². The second-order valence-corrected chi connectivity index (χ2v) is 7.95. The second-order valence-electron chi connectivity index (χ2n) is 5.70. The number of likely N-dealkylation sites (tertiary alicyclic amines) is 1. The zero-order valence-electron chi connectivity index (χ0n) is 11.8. The second kappa shape index (κ2) is 5.77. The molecule has 6 nitrogen and oxygen atoms in total. The number of carbonyl (C=O) groups excluding carboxylic acids is 1. The lowest BCUT2D eigenvalue weighted by atomic mass is 9.90.